The summed E-state index contributed by atoms with van der Waals surface area (Å²) in [5.41, 5.74) is 0.581. The van der Waals surface area contributed by atoms with E-state index in [0.717, 1.165) is 14.9 Å². The lowest BCUT2D eigenvalue weighted by Crippen LogP contribution is -2.42. The molecule has 0 bridgehead atoms. The van der Waals surface area contributed by atoms with Crippen LogP contribution in [0.2, 0.25) is 0 Å². The van der Waals surface area contributed by atoms with E-state index in [1.54, 1.807) is 20.1 Å². The summed E-state index contributed by atoms with van der Waals surface area (Å²) < 4.78 is 6.00. The molecule has 0 saturated heterocycles. The Balaban J connectivity index is 1.95. The Bertz CT molecular complexity index is 668. The Morgan fingerprint density at radius 3 is 2.48 bits per heavy atom. The van der Waals surface area contributed by atoms with Gasteiger partial charge in [0.05, 0.1) is 18.3 Å². The van der Waals surface area contributed by atoms with E-state index in [4.69, 9.17) is 4.74 Å². The van der Waals surface area contributed by atoms with Gasteiger partial charge in [-0.2, -0.15) is 0 Å². The molecule has 23 heavy (non-hydrogen) atoms. The minimum absolute atomic E-state index is 0.176. The molecule has 1 atom stereocenters. The van der Waals surface area contributed by atoms with Gasteiger partial charge in [-0.1, -0.05) is 24.3 Å². The van der Waals surface area contributed by atoms with Crippen molar-refractivity contribution in [2.45, 2.75) is 18.9 Å². The molecule has 2 aromatic rings. The quantitative estimate of drug-likeness (QED) is 0.700. The smallest absolute Gasteiger partial charge is 0.252 e. The van der Waals surface area contributed by atoms with E-state index in [-0.39, 0.29) is 12.5 Å². The number of rotatable bonds is 6. The predicted molar refractivity (Wildman–Crippen MR) is 98.8 cm³/mol. The van der Waals surface area contributed by atoms with E-state index in [0.29, 0.717) is 12.0 Å². The highest BCUT2D eigenvalue weighted by Gasteiger charge is 2.22. The summed E-state index contributed by atoms with van der Waals surface area (Å²) in [7, 11) is 1.62. The van der Waals surface area contributed by atoms with Gasteiger partial charge in [0.2, 0.25) is 0 Å². The van der Waals surface area contributed by atoms with Gasteiger partial charge in [-0.3, -0.25) is 4.79 Å². The monoisotopic (exact) mass is 425 g/mol. The van der Waals surface area contributed by atoms with Crippen molar-refractivity contribution >= 4 is 28.5 Å². The van der Waals surface area contributed by atoms with Crippen molar-refractivity contribution in [3.05, 3.63) is 63.2 Å². The summed E-state index contributed by atoms with van der Waals surface area (Å²) in [6, 6.07) is 14.9. The van der Waals surface area contributed by atoms with Crippen molar-refractivity contribution < 1.29 is 14.6 Å². The Labute approximate surface area is 150 Å². The fraction of sp³-hybridized carbons (Fsp3) is 0.278. The van der Waals surface area contributed by atoms with Crippen LogP contribution in [-0.4, -0.2) is 30.3 Å². The molecule has 1 amide bonds. The standard InChI is InChI=1S/C18H20INO3/c1-18(22,11-13-7-9-14(23-2)10-8-13)12-20-17(21)15-5-3-4-6-16(15)19/h3-10,22H,11-12H2,1-2H3,(H,20,21). The van der Waals surface area contributed by atoms with Gasteiger partial charge in [-0.25, -0.2) is 0 Å². The number of methoxy groups -OCH3 is 1. The Morgan fingerprint density at radius 1 is 1.22 bits per heavy atom. The largest absolute Gasteiger partial charge is 0.497 e. The number of hydrogen-bond acceptors (Lipinski definition) is 3. The number of amides is 1. The van der Waals surface area contributed by atoms with E-state index in [9.17, 15) is 9.90 Å². The zero-order chi connectivity index (χ0) is 16.9. The first-order chi connectivity index (χ1) is 10.9. The summed E-state index contributed by atoms with van der Waals surface area (Å²) >= 11 is 2.13. The van der Waals surface area contributed by atoms with Crippen molar-refractivity contribution in [3.63, 3.8) is 0 Å². The van der Waals surface area contributed by atoms with Crippen LogP contribution in [0.4, 0.5) is 0 Å². The van der Waals surface area contributed by atoms with Crippen LogP contribution in [0.5, 0.6) is 5.75 Å². The average Bonchev–Trinajstić information content (AvgIpc) is 2.53. The minimum Gasteiger partial charge on any atom is -0.497 e. The third-order valence-corrected chi connectivity index (χ3v) is 4.43. The highest BCUT2D eigenvalue weighted by atomic mass is 127. The third-order valence-electron chi connectivity index (χ3n) is 3.49. The molecule has 0 aliphatic carbocycles. The SMILES string of the molecule is COc1ccc(CC(C)(O)CNC(=O)c2ccccc2I)cc1. The maximum absolute atomic E-state index is 12.2. The van der Waals surface area contributed by atoms with Gasteiger partial charge >= 0.3 is 0 Å². The zero-order valence-corrected chi connectivity index (χ0v) is 15.3. The molecule has 0 saturated carbocycles. The molecule has 4 nitrogen and oxygen atoms in total. The molecular formula is C18H20INO3. The summed E-state index contributed by atoms with van der Waals surface area (Å²) in [4.78, 5) is 12.2. The van der Waals surface area contributed by atoms with Crippen LogP contribution < -0.4 is 10.1 Å². The minimum atomic E-state index is -1.02. The van der Waals surface area contributed by atoms with Crippen LogP contribution >= 0.6 is 22.6 Å². The number of ether oxygens (including phenoxy) is 1. The van der Waals surface area contributed by atoms with Gasteiger partial charge in [-0.05, 0) is 59.3 Å². The molecule has 122 valence electrons. The Morgan fingerprint density at radius 2 is 1.87 bits per heavy atom. The van der Waals surface area contributed by atoms with Crippen molar-refractivity contribution in [3.8, 4) is 5.75 Å². The lowest BCUT2D eigenvalue weighted by molar-refractivity contribution is 0.0552. The fourth-order valence-electron chi connectivity index (χ4n) is 2.26. The van der Waals surface area contributed by atoms with Crippen molar-refractivity contribution in [2.24, 2.45) is 0 Å². The normalized spacial score (nSPS) is 13.2. The Hall–Kier alpha value is -1.60. The van der Waals surface area contributed by atoms with Gasteiger partial charge in [0.15, 0.2) is 0 Å². The van der Waals surface area contributed by atoms with Gasteiger partial charge in [0.1, 0.15) is 5.75 Å². The third kappa shape index (κ3) is 5.21. The molecule has 0 heterocycles. The van der Waals surface area contributed by atoms with E-state index in [2.05, 4.69) is 27.9 Å². The number of nitrogens with one attached hydrogen (secondary N) is 1. The first-order valence-electron chi connectivity index (χ1n) is 7.29. The first kappa shape index (κ1) is 17.7. The van der Waals surface area contributed by atoms with Crippen LogP contribution in [0.3, 0.4) is 0 Å². The van der Waals surface area contributed by atoms with Crippen molar-refractivity contribution in [2.75, 3.05) is 13.7 Å². The molecule has 0 aliphatic rings. The number of hydrogen-bond donors (Lipinski definition) is 2. The average molecular weight is 425 g/mol. The van der Waals surface area contributed by atoms with Crippen LogP contribution in [0, 0.1) is 3.57 Å². The summed E-state index contributed by atoms with van der Waals surface area (Å²) in [6.07, 6.45) is 0.448. The van der Waals surface area contributed by atoms with Crippen LogP contribution in [0.25, 0.3) is 0 Å². The highest BCUT2D eigenvalue weighted by Crippen LogP contribution is 2.17. The molecule has 0 fully saturated rings. The molecule has 2 aromatic carbocycles. The highest BCUT2D eigenvalue weighted by molar-refractivity contribution is 14.1. The molecule has 0 aromatic heterocycles. The molecule has 0 spiro atoms. The second kappa shape index (κ2) is 7.79. The summed E-state index contributed by atoms with van der Waals surface area (Å²) in [6.45, 7) is 1.90. The van der Waals surface area contributed by atoms with Gasteiger partial charge < -0.3 is 15.2 Å². The summed E-state index contributed by atoms with van der Waals surface area (Å²) in [5.74, 6) is 0.602. The molecule has 2 N–H and O–H groups in total. The van der Waals surface area contributed by atoms with Gasteiger partial charge in [0.25, 0.3) is 5.91 Å². The molecule has 0 radical (unpaired) electrons. The van der Waals surface area contributed by atoms with Crippen LogP contribution in [-0.2, 0) is 6.42 Å². The van der Waals surface area contributed by atoms with Crippen LogP contribution in [0.1, 0.15) is 22.8 Å². The molecule has 2 rings (SSSR count). The number of aliphatic hydroxyl groups is 1. The predicted octanol–water partition coefficient (Wildman–Crippen LogP) is 3.02. The van der Waals surface area contributed by atoms with E-state index >= 15 is 0 Å². The van der Waals surface area contributed by atoms with Gasteiger partial charge in [-0.15, -0.1) is 0 Å². The second-order valence-corrected chi connectivity index (χ2v) is 6.85. The van der Waals surface area contributed by atoms with E-state index in [1.165, 1.54) is 0 Å². The van der Waals surface area contributed by atoms with Crippen LogP contribution in [0.15, 0.2) is 48.5 Å². The Kier molecular flexibility index (Phi) is 6.01. The van der Waals surface area contributed by atoms with Crippen molar-refractivity contribution in [1.29, 1.82) is 0 Å². The van der Waals surface area contributed by atoms with Gasteiger partial charge in [0, 0.05) is 16.5 Å². The fourth-order valence-corrected chi connectivity index (χ4v) is 2.89. The lowest BCUT2D eigenvalue weighted by atomic mass is 9.96. The number of carbonyl (C=O) groups excluding carboxylic acids is 1. The maximum atomic E-state index is 12.2. The second-order valence-electron chi connectivity index (χ2n) is 5.68. The lowest BCUT2D eigenvalue weighted by Gasteiger charge is -2.24. The maximum Gasteiger partial charge on any atom is 0.252 e. The van der Waals surface area contributed by atoms with E-state index < -0.39 is 5.60 Å². The zero-order valence-electron chi connectivity index (χ0n) is 13.2. The molecule has 1 unspecified atom stereocenters. The summed E-state index contributed by atoms with van der Waals surface area (Å²) in [5, 5.41) is 13.3. The number of carbonyl (C=O) groups is 1. The first-order valence-corrected chi connectivity index (χ1v) is 8.37. The topological polar surface area (TPSA) is 58.6 Å². The number of benzene rings is 2. The van der Waals surface area contributed by atoms with E-state index in [1.807, 2.05) is 42.5 Å². The molecule has 5 heteroatoms. The molecular weight excluding hydrogens is 405 g/mol. The number of halogens is 1. The van der Waals surface area contributed by atoms with Crippen molar-refractivity contribution in [1.82, 2.24) is 5.32 Å². The molecule has 0 aliphatic heterocycles.